The number of nitrogens with one attached hydrogen (secondary N) is 1. The van der Waals surface area contributed by atoms with Gasteiger partial charge in [-0.15, -0.1) is 0 Å². The Morgan fingerprint density at radius 2 is 1.77 bits per heavy atom. The van der Waals surface area contributed by atoms with Crippen LogP contribution in [0.15, 0.2) is 82.0 Å². The van der Waals surface area contributed by atoms with Gasteiger partial charge in [0, 0.05) is 45.9 Å². The van der Waals surface area contributed by atoms with E-state index in [1.807, 2.05) is 67.6 Å². The summed E-state index contributed by atoms with van der Waals surface area (Å²) in [5.74, 6) is -0.0591. The number of halogens is 1. The summed E-state index contributed by atoms with van der Waals surface area (Å²) in [5, 5.41) is 4.94. The Kier molecular flexibility index (Phi) is 4.75. The minimum atomic E-state index is -0.385. The van der Waals surface area contributed by atoms with Gasteiger partial charge < -0.3 is 14.6 Å². The minimum absolute atomic E-state index is 0.0591. The number of carbonyl (C=O) groups is 1. The first kappa shape index (κ1) is 19.4. The second-order valence-electron chi connectivity index (χ2n) is 7.62. The molecule has 1 amide bonds. The number of amides is 1. The third-order valence-corrected chi connectivity index (χ3v) is 5.98. The molecule has 4 aromatic rings. The van der Waals surface area contributed by atoms with Crippen molar-refractivity contribution in [1.82, 2.24) is 4.90 Å². The molecule has 0 radical (unpaired) electrons. The van der Waals surface area contributed by atoms with Crippen molar-refractivity contribution in [1.29, 1.82) is 0 Å². The molecule has 2 heterocycles. The van der Waals surface area contributed by atoms with E-state index in [-0.39, 0.29) is 17.7 Å². The van der Waals surface area contributed by atoms with Gasteiger partial charge in [-0.05, 0) is 42.3 Å². The summed E-state index contributed by atoms with van der Waals surface area (Å²) >= 11 is 6.36. The van der Waals surface area contributed by atoms with E-state index in [4.69, 9.17) is 16.0 Å². The Hall–Kier alpha value is -3.57. The first-order chi connectivity index (χ1) is 15.0. The lowest BCUT2D eigenvalue weighted by atomic mass is 10.1. The molecule has 6 heteroatoms. The number of rotatable bonds is 4. The number of benzene rings is 3. The number of hydrogen-bond donors (Lipinski definition) is 1. The number of aryl methyl sites for hydroxylation is 1. The predicted molar refractivity (Wildman–Crippen MR) is 121 cm³/mol. The topological polar surface area (TPSA) is 62.6 Å². The fraction of sp³-hybridized carbons (Fsp3) is 0.120. The SMILES string of the molecule is Cc1cc(=O)oc2cc(NC3c4ccccc4C(=O)N3Cc3ccccc3Cl)ccc12. The molecular formula is C25H19ClN2O3. The van der Waals surface area contributed by atoms with Crippen LogP contribution < -0.4 is 10.9 Å². The highest BCUT2D eigenvalue weighted by Gasteiger charge is 2.36. The summed E-state index contributed by atoms with van der Waals surface area (Å²) in [6.45, 7) is 2.25. The number of hydrogen-bond acceptors (Lipinski definition) is 4. The van der Waals surface area contributed by atoms with Crippen molar-refractivity contribution in [3.8, 4) is 0 Å². The normalized spacial score (nSPS) is 15.4. The highest BCUT2D eigenvalue weighted by Crippen LogP contribution is 2.36. The Balaban J connectivity index is 1.54. The zero-order valence-corrected chi connectivity index (χ0v) is 17.5. The van der Waals surface area contributed by atoms with Crippen LogP contribution in [-0.4, -0.2) is 10.8 Å². The van der Waals surface area contributed by atoms with Gasteiger partial charge >= 0.3 is 5.63 Å². The monoisotopic (exact) mass is 430 g/mol. The van der Waals surface area contributed by atoms with E-state index < -0.39 is 0 Å². The van der Waals surface area contributed by atoms with E-state index in [9.17, 15) is 9.59 Å². The van der Waals surface area contributed by atoms with Crippen LogP contribution >= 0.6 is 11.6 Å². The molecule has 1 aliphatic rings. The van der Waals surface area contributed by atoms with E-state index >= 15 is 0 Å². The van der Waals surface area contributed by atoms with Crippen molar-refractivity contribution in [3.05, 3.63) is 110 Å². The number of carbonyl (C=O) groups excluding carboxylic acids is 1. The Bertz CT molecular complexity index is 1380. The molecule has 31 heavy (non-hydrogen) atoms. The minimum Gasteiger partial charge on any atom is -0.423 e. The lowest BCUT2D eigenvalue weighted by Crippen LogP contribution is -2.32. The summed E-state index contributed by atoms with van der Waals surface area (Å²) in [7, 11) is 0. The highest BCUT2D eigenvalue weighted by molar-refractivity contribution is 6.31. The van der Waals surface area contributed by atoms with Crippen LogP contribution in [0.5, 0.6) is 0 Å². The molecule has 0 fully saturated rings. The molecule has 0 aliphatic carbocycles. The van der Waals surface area contributed by atoms with E-state index in [1.165, 1.54) is 6.07 Å². The molecular weight excluding hydrogens is 412 g/mol. The van der Waals surface area contributed by atoms with Gasteiger partial charge in [-0.1, -0.05) is 48.0 Å². The van der Waals surface area contributed by atoms with Crippen molar-refractivity contribution in [2.75, 3.05) is 5.32 Å². The summed E-state index contributed by atoms with van der Waals surface area (Å²) in [6.07, 6.45) is -0.381. The molecule has 0 spiro atoms. The van der Waals surface area contributed by atoms with Crippen LogP contribution in [0, 0.1) is 6.92 Å². The van der Waals surface area contributed by atoms with Gasteiger partial charge in [-0.25, -0.2) is 4.79 Å². The van der Waals surface area contributed by atoms with Crippen LogP contribution in [0.1, 0.15) is 33.2 Å². The van der Waals surface area contributed by atoms with Crippen molar-refractivity contribution in [3.63, 3.8) is 0 Å². The third-order valence-electron chi connectivity index (χ3n) is 5.61. The second kappa shape index (κ2) is 7.60. The first-order valence-electron chi connectivity index (χ1n) is 9.95. The standard InChI is InChI=1S/C25H19ClN2O3/c1-15-12-23(29)31-22-13-17(10-11-18(15)22)27-24-19-7-3-4-8-20(19)25(30)28(24)14-16-6-2-5-9-21(16)26/h2-13,24,27H,14H2,1H3. The van der Waals surface area contributed by atoms with E-state index in [0.29, 0.717) is 22.7 Å². The van der Waals surface area contributed by atoms with Crippen LogP contribution in [0.4, 0.5) is 5.69 Å². The van der Waals surface area contributed by atoms with Crippen molar-refractivity contribution >= 4 is 34.2 Å². The largest absolute Gasteiger partial charge is 0.423 e. The van der Waals surface area contributed by atoms with Gasteiger partial charge in [-0.2, -0.15) is 0 Å². The van der Waals surface area contributed by atoms with Crippen LogP contribution in [-0.2, 0) is 6.54 Å². The van der Waals surface area contributed by atoms with Crippen molar-refractivity contribution < 1.29 is 9.21 Å². The van der Waals surface area contributed by atoms with Crippen molar-refractivity contribution in [2.45, 2.75) is 19.6 Å². The molecule has 5 nitrogen and oxygen atoms in total. The fourth-order valence-corrected chi connectivity index (χ4v) is 4.27. The maximum absolute atomic E-state index is 13.2. The molecule has 3 aromatic carbocycles. The fourth-order valence-electron chi connectivity index (χ4n) is 4.07. The van der Waals surface area contributed by atoms with Gasteiger partial charge in [0.05, 0.1) is 0 Å². The molecule has 1 N–H and O–H groups in total. The zero-order valence-electron chi connectivity index (χ0n) is 16.8. The molecule has 1 atom stereocenters. The summed E-state index contributed by atoms with van der Waals surface area (Å²) < 4.78 is 5.38. The predicted octanol–water partition coefficient (Wildman–Crippen LogP) is 5.52. The molecule has 0 bridgehead atoms. The molecule has 0 saturated carbocycles. The van der Waals surface area contributed by atoms with Crippen LogP contribution in [0.3, 0.4) is 0 Å². The zero-order chi connectivity index (χ0) is 21.5. The first-order valence-corrected chi connectivity index (χ1v) is 10.3. The lowest BCUT2D eigenvalue weighted by Gasteiger charge is -2.27. The summed E-state index contributed by atoms with van der Waals surface area (Å²) in [6, 6.07) is 22.2. The van der Waals surface area contributed by atoms with Crippen LogP contribution in [0.2, 0.25) is 5.02 Å². The third kappa shape index (κ3) is 3.47. The smallest absolute Gasteiger partial charge is 0.336 e. The molecule has 0 saturated heterocycles. The van der Waals surface area contributed by atoms with Gasteiger partial charge in [-0.3, -0.25) is 4.79 Å². The summed E-state index contributed by atoms with van der Waals surface area (Å²) in [4.78, 5) is 26.8. The van der Waals surface area contributed by atoms with Gasteiger partial charge in [0.25, 0.3) is 5.91 Å². The Labute approximate surface area is 183 Å². The number of nitrogens with zero attached hydrogens (tertiary/aromatic N) is 1. The van der Waals surface area contributed by atoms with Crippen LogP contribution in [0.25, 0.3) is 11.0 Å². The average molecular weight is 431 g/mol. The average Bonchev–Trinajstić information content (AvgIpc) is 3.01. The molecule has 1 aliphatic heterocycles. The number of fused-ring (bicyclic) bond motifs is 2. The van der Waals surface area contributed by atoms with E-state index in [2.05, 4.69) is 5.32 Å². The maximum atomic E-state index is 13.2. The number of anilines is 1. The Morgan fingerprint density at radius 1 is 1.00 bits per heavy atom. The van der Waals surface area contributed by atoms with Gasteiger partial charge in [0.1, 0.15) is 11.7 Å². The Morgan fingerprint density at radius 3 is 2.61 bits per heavy atom. The second-order valence-corrected chi connectivity index (χ2v) is 8.03. The highest BCUT2D eigenvalue weighted by atomic mass is 35.5. The van der Waals surface area contributed by atoms with Gasteiger partial charge in [0.2, 0.25) is 0 Å². The summed E-state index contributed by atoms with van der Waals surface area (Å²) in [5.41, 5.74) is 4.16. The lowest BCUT2D eigenvalue weighted by molar-refractivity contribution is 0.0729. The van der Waals surface area contributed by atoms with E-state index in [1.54, 1.807) is 11.0 Å². The molecule has 1 aromatic heterocycles. The van der Waals surface area contributed by atoms with Gasteiger partial charge in [0.15, 0.2) is 0 Å². The molecule has 1 unspecified atom stereocenters. The van der Waals surface area contributed by atoms with Crippen molar-refractivity contribution in [2.24, 2.45) is 0 Å². The van der Waals surface area contributed by atoms with E-state index in [0.717, 1.165) is 27.8 Å². The quantitative estimate of drug-likeness (QED) is 0.433. The molecule has 154 valence electrons. The maximum Gasteiger partial charge on any atom is 0.336 e. The molecule has 5 rings (SSSR count).